The van der Waals surface area contributed by atoms with Crippen molar-refractivity contribution in [3.05, 3.63) is 35.9 Å². The third-order valence-electron chi connectivity index (χ3n) is 4.42. The molecule has 2 N–H and O–H groups in total. The molecular formula is C18H25NO4. The topological polar surface area (TPSA) is 75.6 Å². The Labute approximate surface area is 137 Å². The van der Waals surface area contributed by atoms with Gasteiger partial charge < -0.3 is 15.2 Å². The Morgan fingerprint density at radius 1 is 1.30 bits per heavy atom. The van der Waals surface area contributed by atoms with E-state index >= 15 is 0 Å². The Kier molecular flexibility index (Phi) is 6.16. The molecule has 1 saturated carbocycles. The second-order valence-electron chi connectivity index (χ2n) is 6.53. The maximum absolute atomic E-state index is 11.9. The molecule has 1 aromatic rings. The fourth-order valence-corrected chi connectivity index (χ4v) is 2.74. The number of hydrogen-bond acceptors (Lipinski definition) is 3. The van der Waals surface area contributed by atoms with Crippen LogP contribution in [0.15, 0.2) is 30.3 Å². The molecule has 1 unspecified atom stereocenters. The standard InChI is InChI=1S/C18H25NO4/c1-14(12-23-13-15-6-3-2-4-7-15)11-19-16(20)10-18(17(21)22)8-5-9-18/h2-4,6-7,14H,5,8-13H2,1H3,(H,19,20)(H,21,22). The van der Waals surface area contributed by atoms with Crippen LogP contribution in [0.2, 0.25) is 0 Å². The van der Waals surface area contributed by atoms with Crippen molar-refractivity contribution in [1.29, 1.82) is 0 Å². The molecule has 0 aliphatic heterocycles. The average molecular weight is 319 g/mol. The Morgan fingerprint density at radius 2 is 2.00 bits per heavy atom. The molecule has 126 valence electrons. The number of carbonyl (C=O) groups is 2. The summed E-state index contributed by atoms with van der Waals surface area (Å²) in [6, 6.07) is 9.93. The van der Waals surface area contributed by atoms with Gasteiger partial charge in [-0.25, -0.2) is 0 Å². The first-order valence-electron chi connectivity index (χ1n) is 8.14. The zero-order valence-electron chi connectivity index (χ0n) is 13.6. The summed E-state index contributed by atoms with van der Waals surface area (Å²) >= 11 is 0. The highest BCUT2D eigenvalue weighted by Gasteiger charge is 2.45. The van der Waals surface area contributed by atoms with Crippen molar-refractivity contribution in [1.82, 2.24) is 5.32 Å². The number of rotatable bonds is 9. The Balaban J connectivity index is 1.63. The zero-order valence-corrected chi connectivity index (χ0v) is 13.6. The van der Waals surface area contributed by atoms with Crippen LogP contribution in [0.4, 0.5) is 0 Å². The fraction of sp³-hybridized carbons (Fsp3) is 0.556. The van der Waals surface area contributed by atoms with Crippen molar-refractivity contribution in [2.24, 2.45) is 11.3 Å². The summed E-state index contributed by atoms with van der Waals surface area (Å²) in [5, 5.41) is 12.1. The maximum Gasteiger partial charge on any atom is 0.310 e. The number of carboxylic acid groups (broad SMARTS) is 1. The summed E-state index contributed by atoms with van der Waals surface area (Å²) in [5.41, 5.74) is 0.300. The molecule has 0 heterocycles. The van der Waals surface area contributed by atoms with E-state index in [1.165, 1.54) is 0 Å². The second kappa shape index (κ2) is 8.11. The van der Waals surface area contributed by atoms with Gasteiger partial charge in [-0.15, -0.1) is 0 Å². The van der Waals surface area contributed by atoms with Crippen LogP contribution in [-0.2, 0) is 20.9 Å². The molecule has 0 saturated heterocycles. The van der Waals surface area contributed by atoms with Crippen LogP contribution in [0.25, 0.3) is 0 Å². The molecule has 0 spiro atoms. The monoisotopic (exact) mass is 319 g/mol. The smallest absolute Gasteiger partial charge is 0.310 e. The quantitative estimate of drug-likeness (QED) is 0.733. The van der Waals surface area contributed by atoms with E-state index in [2.05, 4.69) is 5.32 Å². The number of aliphatic carboxylic acids is 1. The van der Waals surface area contributed by atoms with E-state index in [1.807, 2.05) is 37.3 Å². The average Bonchev–Trinajstić information content (AvgIpc) is 2.49. The van der Waals surface area contributed by atoms with Crippen molar-refractivity contribution >= 4 is 11.9 Å². The van der Waals surface area contributed by atoms with Crippen molar-refractivity contribution < 1.29 is 19.4 Å². The molecule has 1 aliphatic rings. The third-order valence-corrected chi connectivity index (χ3v) is 4.42. The number of benzene rings is 1. The number of hydrogen-bond donors (Lipinski definition) is 2. The first kappa shape index (κ1) is 17.5. The summed E-state index contributed by atoms with van der Waals surface area (Å²) in [6.45, 7) is 3.62. The minimum atomic E-state index is -0.849. The largest absolute Gasteiger partial charge is 0.481 e. The van der Waals surface area contributed by atoms with Crippen LogP contribution in [0.1, 0.15) is 38.2 Å². The summed E-state index contributed by atoms with van der Waals surface area (Å²) in [5.74, 6) is -0.843. The van der Waals surface area contributed by atoms with E-state index in [-0.39, 0.29) is 18.2 Å². The van der Waals surface area contributed by atoms with Crippen LogP contribution in [0.5, 0.6) is 0 Å². The minimum Gasteiger partial charge on any atom is -0.481 e. The highest BCUT2D eigenvalue weighted by molar-refractivity contribution is 5.85. The predicted octanol–water partition coefficient (Wildman–Crippen LogP) is 2.60. The van der Waals surface area contributed by atoms with Gasteiger partial charge in [-0.1, -0.05) is 43.7 Å². The van der Waals surface area contributed by atoms with Crippen molar-refractivity contribution in [3.63, 3.8) is 0 Å². The molecule has 0 aromatic heterocycles. The normalized spacial score (nSPS) is 17.1. The van der Waals surface area contributed by atoms with Gasteiger partial charge >= 0.3 is 5.97 Å². The SMILES string of the molecule is CC(CNC(=O)CC1(C(=O)O)CCC1)COCc1ccccc1. The number of ether oxygens (including phenoxy) is 1. The van der Waals surface area contributed by atoms with Crippen LogP contribution in [-0.4, -0.2) is 30.1 Å². The highest BCUT2D eigenvalue weighted by Crippen LogP contribution is 2.44. The van der Waals surface area contributed by atoms with Crippen molar-refractivity contribution in [2.75, 3.05) is 13.2 Å². The van der Waals surface area contributed by atoms with Crippen LogP contribution in [0.3, 0.4) is 0 Å². The third kappa shape index (κ3) is 5.06. The molecule has 1 atom stereocenters. The molecule has 0 bridgehead atoms. The van der Waals surface area contributed by atoms with E-state index in [4.69, 9.17) is 4.74 Å². The van der Waals surface area contributed by atoms with Gasteiger partial charge in [0.2, 0.25) is 5.91 Å². The number of amides is 1. The van der Waals surface area contributed by atoms with E-state index in [0.717, 1.165) is 12.0 Å². The van der Waals surface area contributed by atoms with E-state index < -0.39 is 11.4 Å². The lowest BCUT2D eigenvalue weighted by Crippen LogP contribution is -2.43. The van der Waals surface area contributed by atoms with E-state index in [0.29, 0.717) is 32.6 Å². The molecule has 23 heavy (non-hydrogen) atoms. The number of carboxylic acids is 1. The predicted molar refractivity (Wildman–Crippen MR) is 86.8 cm³/mol. The number of carbonyl (C=O) groups excluding carboxylic acids is 1. The molecule has 5 nitrogen and oxygen atoms in total. The number of nitrogens with one attached hydrogen (secondary N) is 1. The Morgan fingerprint density at radius 3 is 2.57 bits per heavy atom. The van der Waals surface area contributed by atoms with E-state index in [1.54, 1.807) is 0 Å². The molecule has 1 aromatic carbocycles. The summed E-state index contributed by atoms with van der Waals surface area (Å²) in [6.07, 6.45) is 2.18. The summed E-state index contributed by atoms with van der Waals surface area (Å²) in [7, 11) is 0. The fourth-order valence-electron chi connectivity index (χ4n) is 2.74. The lowest BCUT2D eigenvalue weighted by Gasteiger charge is -2.37. The summed E-state index contributed by atoms with van der Waals surface area (Å²) in [4.78, 5) is 23.2. The molecule has 1 aliphatic carbocycles. The molecular weight excluding hydrogens is 294 g/mol. The molecule has 1 fully saturated rings. The van der Waals surface area contributed by atoms with Gasteiger partial charge in [-0.2, -0.15) is 0 Å². The first-order valence-corrected chi connectivity index (χ1v) is 8.14. The van der Waals surface area contributed by atoms with Crippen molar-refractivity contribution in [2.45, 2.75) is 39.2 Å². The van der Waals surface area contributed by atoms with Crippen LogP contribution in [0, 0.1) is 11.3 Å². The van der Waals surface area contributed by atoms with E-state index in [9.17, 15) is 14.7 Å². The van der Waals surface area contributed by atoms with Crippen LogP contribution >= 0.6 is 0 Å². The maximum atomic E-state index is 11.9. The van der Waals surface area contributed by atoms with Gasteiger partial charge in [0.1, 0.15) is 0 Å². The summed E-state index contributed by atoms with van der Waals surface area (Å²) < 4.78 is 5.64. The van der Waals surface area contributed by atoms with Gasteiger partial charge in [0.25, 0.3) is 0 Å². The van der Waals surface area contributed by atoms with Gasteiger partial charge in [0.15, 0.2) is 0 Å². The Bertz CT molecular complexity index is 525. The zero-order chi connectivity index (χ0) is 16.7. The molecule has 0 radical (unpaired) electrons. The second-order valence-corrected chi connectivity index (χ2v) is 6.53. The Hall–Kier alpha value is -1.88. The molecule has 1 amide bonds. The van der Waals surface area contributed by atoms with Crippen LogP contribution < -0.4 is 5.32 Å². The highest BCUT2D eigenvalue weighted by atomic mass is 16.5. The van der Waals surface area contributed by atoms with Gasteiger partial charge in [-0.05, 0) is 24.3 Å². The lowest BCUT2D eigenvalue weighted by atomic mass is 9.66. The van der Waals surface area contributed by atoms with Gasteiger partial charge in [0.05, 0.1) is 18.6 Å². The molecule has 5 heteroatoms. The minimum absolute atomic E-state index is 0.0833. The lowest BCUT2D eigenvalue weighted by molar-refractivity contribution is -0.157. The molecule has 2 rings (SSSR count). The van der Waals surface area contributed by atoms with Gasteiger partial charge in [0, 0.05) is 13.0 Å². The van der Waals surface area contributed by atoms with Crippen molar-refractivity contribution in [3.8, 4) is 0 Å². The first-order chi connectivity index (χ1) is 11.0. The van der Waals surface area contributed by atoms with Gasteiger partial charge in [-0.3, -0.25) is 9.59 Å².